The number of rotatable bonds is 2. The van der Waals surface area contributed by atoms with Gasteiger partial charge < -0.3 is 4.98 Å². The fraction of sp³-hybridized carbons (Fsp3) is 0.286. The number of aromatic amines is 1. The molecule has 0 atom stereocenters. The summed E-state index contributed by atoms with van der Waals surface area (Å²) in [6, 6.07) is 5.84. The maximum Gasteiger partial charge on any atom is 0.184 e. The average Bonchev–Trinajstić information content (AvgIpc) is 2.88. The number of nitrogens with one attached hydrogen (secondary N) is 1. The van der Waals surface area contributed by atoms with Crippen molar-refractivity contribution in [2.45, 2.75) is 20.3 Å². The molecule has 3 aromatic rings. The van der Waals surface area contributed by atoms with Crippen LogP contribution in [0.2, 0.25) is 5.02 Å². The van der Waals surface area contributed by atoms with Gasteiger partial charge in [-0.2, -0.15) is 5.10 Å². The second kappa shape index (κ2) is 4.75. The van der Waals surface area contributed by atoms with Crippen LogP contribution in [-0.2, 0) is 13.5 Å². The fourth-order valence-electron chi connectivity index (χ4n) is 2.57. The summed E-state index contributed by atoms with van der Waals surface area (Å²) in [5, 5.41) is 5.21. The van der Waals surface area contributed by atoms with E-state index in [9.17, 15) is 0 Å². The minimum Gasteiger partial charge on any atom is -0.327 e. The van der Waals surface area contributed by atoms with Gasteiger partial charge in [0.15, 0.2) is 10.4 Å². The molecule has 0 fully saturated rings. The zero-order chi connectivity index (χ0) is 14.4. The Morgan fingerprint density at radius 1 is 1.40 bits per heavy atom. The summed E-state index contributed by atoms with van der Waals surface area (Å²) >= 11 is 11.9. The van der Waals surface area contributed by atoms with Crippen molar-refractivity contribution in [1.29, 1.82) is 0 Å². The lowest BCUT2D eigenvalue weighted by Crippen LogP contribution is -2.03. The molecule has 0 radical (unpaired) electrons. The number of aromatic nitrogens is 4. The molecule has 4 nitrogen and oxygen atoms in total. The van der Waals surface area contributed by atoms with Crippen molar-refractivity contribution in [2.75, 3.05) is 0 Å². The lowest BCUT2D eigenvalue weighted by Gasteiger charge is -2.10. The zero-order valence-corrected chi connectivity index (χ0v) is 13.1. The highest BCUT2D eigenvalue weighted by molar-refractivity contribution is 7.71. The smallest absolute Gasteiger partial charge is 0.184 e. The van der Waals surface area contributed by atoms with Crippen molar-refractivity contribution < 1.29 is 0 Å². The molecule has 2 heterocycles. The largest absolute Gasteiger partial charge is 0.327 e. The first kappa shape index (κ1) is 13.4. The lowest BCUT2D eigenvalue weighted by atomic mass is 10.2. The normalized spacial score (nSPS) is 11.4. The van der Waals surface area contributed by atoms with Crippen LogP contribution in [-0.4, -0.2) is 19.3 Å². The Labute approximate surface area is 127 Å². The molecule has 0 unspecified atom stereocenters. The second-order valence-corrected chi connectivity index (χ2v) is 5.59. The van der Waals surface area contributed by atoms with E-state index in [4.69, 9.17) is 23.8 Å². The molecule has 0 aliphatic rings. The molecule has 0 saturated heterocycles. The number of hydrogen-bond acceptors (Lipinski definition) is 2. The SMILES string of the molecule is CCc1nn(C)c2c1[nH]c(=S)n2-c1c(C)cccc1Cl. The Morgan fingerprint density at radius 3 is 2.80 bits per heavy atom. The topological polar surface area (TPSA) is 38.5 Å². The van der Waals surface area contributed by atoms with Crippen molar-refractivity contribution in [3.8, 4) is 5.69 Å². The molecule has 2 aromatic heterocycles. The monoisotopic (exact) mass is 306 g/mol. The maximum absolute atomic E-state index is 6.38. The molecule has 0 bridgehead atoms. The fourth-order valence-corrected chi connectivity index (χ4v) is 3.16. The number of imidazole rings is 1. The third-order valence-corrected chi connectivity index (χ3v) is 4.07. The van der Waals surface area contributed by atoms with E-state index in [1.165, 1.54) is 0 Å². The van der Waals surface area contributed by atoms with Crippen molar-refractivity contribution >= 4 is 35.0 Å². The van der Waals surface area contributed by atoms with Crippen molar-refractivity contribution in [3.63, 3.8) is 0 Å². The van der Waals surface area contributed by atoms with Crippen LogP contribution in [0.5, 0.6) is 0 Å². The molecule has 104 valence electrons. The molecule has 0 amide bonds. The van der Waals surface area contributed by atoms with Gasteiger partial charge >= 0.3 is 0 Å². The van der Waals surface area contributed by atoms with E-state index < -0.39 is 0 Å². The molecule has 0 spiro atoms. The molecular weight excluding hydrogens is 292 g/mol. The number of fused-ring (bicyclic) bond motifs is 1. The summed E-state index contributed by atoms with van der Waals surface area (Å²) in [6.45, 7) is 4.11. The van der Waals surface area contributed by atoms with Gasteiger partial charge in [-0.05, 0) is 37.2 Å². The first-order chi connectivity index (χ1) is 9.54. The van der Waals surface area contributed by atoms with E-state index >= 15 is 0 Å². The van der Waals surface area contributed by atoms with Crippen molar-refractivity contribution in [3.05, 3.63) is 39.3 Å². The number of nitrogens with zero attached hydrogens (tertiary/aromatic N) is 3. The predicted octanol–water partition coefficient (Wildman–Crippen LogP) is 3.95. The lowest BCUT2D eigenvalue weighted by molar-refractivity contribution is 0.748. The molecule has 0 saturated carbocycles. The van der Waals surface area contributed by atoms with Crippen molar-refractivity contribution in [2.24, 2.45) is 7.05 Å². The second-order valence-electron chi connectivity index (χ2n) is 4.79. The zero-order valence-electron chi connectivity index (χ0n) is 11.6. The molecule has 0 aliphatic heterocycles. The summed E-state index contributed by atoms with van der Waals surface area (Å²) in [7, 11) is 1.92. The van der Waals surface area contributed by atoms with Gasteiger partial charge in [0.2, 0.25) is 0 Å². The molecule has 1 aromatic carbocycles. The van der Waals surface area contributed by atoms with Crippen LogP contribution in [0.3, 0.4) is 0 Å². The van der Waals surface area contributed by atoms with Gasteiger partial charge in [-0.3, -0.25) is 4.57 Å². The van der Waals surface area contributed by atoms with Crippen LogP contribution < -0.4 is 0 Å². The number of para-hydroxylation sites is 1. The summed E-state index contributed by atoms with van der Waals surface area (Å²) in [5.41, 5.74) is 4.93. The van der Waals surface area contributed by atoms with Gasteiger partial charge in [-0.15, -0.1) is 0 Å². The first-order valence-electron chi connectivity index (χ1n) is 6.46. The van der Waals surface area contributed by atoms with Crippen LogP contribution in [0.1, 0.15) is 18.2 Å². The maximum atomic E-state index is 6.38. The van der Waals surface area contributed by atoms with E-state index in [1.54, 1.807) is 0 Å². The number of aryl methyl sites for hydroxylation is 3. The highest BCUT2D eigenvalue weighted by Gasteiger charge is 2.18. The summed E-state index contributed by atoms with van der Waals surface area (Å²) in [5.74, 6) is 0. The van der Waals surface area contributed by atoms with Crippen LogP contribution in [0.15, 0.2) is 18.2 Å². The molecular formula is C14H15ClN4S. The molecule has 1 N–H and O–H groups in total. The number of benzene rings is 1. The third kappa shape index (κ3) is 1.81. The minimum atomic E-state index is 0.638. The van der Waals surface area contributed by atoms with E-state index in [-0.39, 0.29) is 0 Å². The van der Waals surface area contributed by atoms with Crippen LogP contribution >= 0.6 is 23.8 Å². The van der Waals surface area contributed by atoms with Crippen LogP contribution in [0.4, 0.5) is 0 Å². The Bertz CT molecular complexity index is 836. The van der Waals surface area contributed by atoms with Gasteiger partial charge in [-0.1, -0.05) is 30.7 Å². The van der Waals surface area contributed by atoms with Gasteiger partial charge in [0.05, 0.1) is 16.4 Å². The van der Waals surface area contributed by atoms with Gasteiger partial charge in [0, 0.05) is 7.05 Å². The third-order valence-electron chi connectivity index (χ3n) is 3.48. The first-order valence-corrected chi connectivity index (χ1v) is 7.25. The molecule has 0 aliphatic carbocycles. The van der Waals surface area contributed by atoms with Gasteiger partial charge in [-0.25, -0.2) is 4.68 Å². The summed E-state index contributed by atoms with van der Waals surface area (Å²) < 4.78 is 4.46. The average molecular weight is 307 g/mol. The molecule has 20 heavy (non-hydrogen) atoms. The number of hydrogen-bond donors (Lipinski definition) is 1. The van der Waals surface area contributed by atoms with E-state index in [0.717, 1.165) is 34.5 Å². The van der Waals surface area contributed by atoms with E-state index in [0.29, 0.717) is 9.79 Å². The highest BCUT2D eigenvalue weighted by atomic mass is 35.5. The van der Waals surface area contributed by atoms with Crippen LogP contribution in [0.25, 0.3) is 16.9 Å². The summed E-state index contributed by atoms with van der Waals surface area (Å²) in [6.07, 6.45) is 0.855. The van der Waals surface area contributed by atoms with E-state index in [2.05, 4.69) is 17.0 Å². The Morgan fingerprint density at radius 2 is 2.15 bits per heavy atom. The highest BCUT2D eigenvalue weighted by Crippen LogP contribution is 2.29. The Kier molecular flexibility index (Phi) is 3.18. The van der Waals surface area contributed by atoms with Gasteiger partial charge in [0.1, 0.15) is 5.52 Å². The van der Waals surface area contributed by atoms with Crippen molar-refractivity contribution in [1.82, 2.24) is 19.3 Å². The molecule has 3 rings (SSSR count). The Balaban J connectivity index is 2.46. The van der Waals surface area contributed by atoms with Crippen LogP contribution in [0, 0.1) is 11.7 Å². The standard InChI is InChI=1S/C14H15ClN4S/c1-4-10-11-13(18(3)17-10)19(14(20)16-11)12-8(2)6-5-7-9(12)15/h5-7H,4H2,1-3H3,(H,16,20). The minimum absolute atomic E-state index is 0.638. The van der Waals surface area contributed by atoms with E-state index in [1.807, 2.05) is 41.4 Å². The number of H-pyrrole nitrogens is 1. The summed E-state index contributed by atoms with van der Waals surface area (Å²) in [4.78, 5) is 3.26. The predicted molar refractivity (Wildman–Crippen MR) is 84.4 cm³/mol. The number of halogens is 1. The Hall–Kier alpha value is -1.59. The quantitative estimate of drug-likeness (QED) is 0.728. The van der Waals surface area contributed by atoms with Gasteiger partial charge in [0.25, 0.3) is 0 Å². The molecule has 6 heteroatoms.